The van der Waals surface area contributed by atoms with Gasteiger partial charge < -0.3 is 0 Å². The number of nitrogens with zero attached hydrogens (tertiary/aromatic N) is 1. The summed E-state index contributed by atoms with van der Waals surface area (Å²) in [7, 11) is -3.52. The summed E-state index contributed by atoms with van der Waals surface area (Å²) in [5.41, 5.74) is 5.06. The van der Waals surface area contributed by atoms with Gasteiger partial charge in [0.1, 0.15) is 0 Å². The molecule has 0 radical (unpaired) electrons. The zero-order chi connectivity index (χ0) is 19.3. The molecule has 5 heteroatoms. The van der Waals surface area contributed by atoms with Gasteiger partial charge >= 0.3 is 0 Å². The minimum Gasteiger partial charge on any atom is -0.207 e. The maximum atomic E-state index is 13.4. The first-order valence-electron chi connectivity index (χ1n) is 9.85. The molecule has 3 aromatic carbocycles. The maximum Gasteiger partial charge on any atom is 0.244 e. The summed E-state index contributed by atoms with van der Waals surface area (Å²) in [5, 5.41) is 2.39. The number of aryl methyl sites for hydroxylation is 3. The molecule has 0 unspecified atom stereocenters. The number of hydrogen-bond donors (Lipinski definition) is 0. The number of hydrogen-bond acceptors (Lipinski definition) is 3. The fourth-order valence-corrected chi connectivity index (χ4v) is 7.73. The zero-order valence-electron chi connectivity index (χ0n) is 15.9. The topological polar surface area (TPSA) is 37.4 Å². The molecule has 3 nitrogen and oxygen atoms in total. The molecule has 1 saturated heterocycles. The lowest BCUT2D eigenvalue weighted by molar-refractivity contribution is 0.435. The maximum absolute atomic E-state index is 13.4. The van der Waals surface area contributed by atoms with Gasteiger partial charge in [0.05, 0.1) is 10.3 Å². The van der Waals surface area contributed by atoms with E-state index in [2.05, 4.69) is 37.3 Å². The molecule has 0 bridgehead atoms. The number of thioether (sulfide) groups is 1. The van der Waals surface area contributed by atoms with E-state index >= 15 is 0 Å². The largest absolute Gasteiger partial charge is 0.244 e. The molecular weight excluding hydrogens is 386 g/mol. The van der Waals surface area contributed by atoms with Gasteiger partial charge in [-0.2, -0.15) is 4.31 Å². The van der Waals surface area contributed by atoms with Crippen LogP contribution in [0.15, 0.2) is 59.5 Å². The van der Waals surface area contributed by atoms with Crippen LogP contribution in [0.4, 0.5) is 0 Å². The standard InChI is InChI=1S/C23H23NO2S2/c1-2-16-6-11-19(12-7-16)28(25,26)24-14-15-27-23(24)21-13-10-18-9-8-17-4-3-5-20(21)22(17)18/h3-7,10-13,23H,2,8-9,14-15H2,1H3/t23-/m1/s1. The van der Waals surface area contributed by atoms with Crippen LogP contribution < -0.4 is 0 Å². The lowest BCUT2D eigenvalue weighted by atomic mass is 10.00. The molecule has 1 heterocycles. The van der Waals surface area contributed by atoms with Crippen LogP contribution in [0.1, 0.15) is 34.6 Å². The fraction of sp³-hybridized carbons (Fsp3) is 0.304. The molecule has 2 aliphatic rings. The SMILES string of the molecule is CCc1ccc(S(=O)(=O)N2CCS[C@@H]2c2ccc3c4c(cccc24)CC3)cc1. The van der Waals surface area contributed by atoms with Crippen LogP contribution in [0, 0.1) is 0 Å². The second-order valence-electron chi connectivity index (χ2n) is 7.49. The summed E-state index contributed by atoms with van der Waals surface area (Å²) < 4.78 is 28.5. The van der Waals surface area contributed by atoms with Gasteiger partial charge in [0, 0.05) is 12.3 Å². The van der Waals surface area contributed by atoms with Gasteiger partial charge in [0.25, 0.3) is 0 Å². The fourth-order valence-electron chi connectivity index (χ4n) is 4.46. The van der Waals surface area contributed by atoms with Gasteiger partial charge in [-0.3, -0.25) is 0 Å². The van der Waals surface area contributed by atoms with Crippen LogP contribution in [0.5, 0.6) is 0 Å². The molecule has 5 rings (SSSR count). The Labute approximate surface area is 170 Å². The quantitative estimate of drug-likeness (QED) is 0.613. The Balaban J connectivity index is 1.59. The van der Waals surface area contributed by atoms with Crippen molar-refractivity contribution in [2.24, 2.45) is 0 Å². The predicted octanol–water partition coefficient (Wildman–Crippen LogP) is 4.94. The van der Waals surface area contributed by atoms with Crippen LogP contribution in [-0.4, -0.2) is 25.0 Å². The molecule has 1 aliphatic heterocycles. The lowest BCUT2D eigenvalue weighted by Crippen LogP contribution is -2.30. The van der Waals surface area contributed by atoms with E-state index in [0.717, 1.165) is 36.1 Å². The molecule has 0 saturated carbocycles. The highest BCUT2D eigenvalue weighted by molar-refractivity contribution is 8.01. The van der Waals surface area contributed by atoms with E-state index in [4.69, 9.17) is 0 Å². The van der Waals surface area contributed by atoms with Crippen molar-refractivity contribution in [3.8, 4) is 0 Å². The third kappa shape index (κ3) is 2.79. The average molecular weight is 410 g/mol. The molecule has 28 heavy (non-hydrogen) atoms. The molecule has 0 N–H and O–H groups in total. The molecule has 1 atom stereocenters. The van der Waals surface area contributed by atoms with Crippen molar-refractivity contribution >= 4 is 32.6 Å². The summed E-state index contributed by atoms with van der Waals surface area (Å²) in [5.74, 6) is 0.819. The van der Waals surface area contributed by atoms with Crippen molar-refractivity contribution < 1.29 is 8.42 Å². The van der Waals surface area contributed by atoms with Crippen molar-refractivity contribution in [3.05, 3.63) is 76.9 Å². The van der Waals surface area contributed by atoms with Crippen LogP contribution >= 0.6 is 11.8 Å². The number of sulfonamides is 1. The van der Waals surface area contributed by atoms with E-state index in [1.807, 2.05) is 12.1 Å². The van der Waals surface area contributed by atoms with Gasteiger partial charge in [-0.15, -0.1) is 11.8 Å². The van der Waals surface area contributed by atoms with Gasteiger partial charge in [-0.1, -0.05) is 49.4 Å². The number of benzene rings is 3. The monoisotopic (exact) mass is 409 g/mol. The van der Waals surface area contributed by atoms with E-state index in [-0.39, 0.29) is 5.37 Å². The molecular formula is C23H23NO2S2. The normalized spacial score (nSPS) is 19.5. The summed E-state index contributed by atoms with van der Waals surface area (Å²) in [6.45, 7) is 2.63. The van der Waals surface area contributed by atoms with Gasteiger partial charge in [-0.05, 0) is 64.4 Å². The molecule has 1 fully saturated rings. The Bertz CT molecular complexity index is 1140. The second-order valence-corrected chi connectivity index (χ2v) is 10.6. The first-order chi connectivity index (χ1) is 13.6. The zero-order valence-corrected chi connectivity index (χ0v) is 17.5. The predicted molar refractivity (Wildman–Crippen MR) is 116 cm³/mol. The summed E-state index contributed by atoms with van der Waals surface area (Å²) in [4.78, 5) is 0.392. The van der Waals surface area contributed by atoms with Crippen molar-refractivity contribution in [3.63, 3.8) is 0 Å². The summed E-state index contributed by atoms with van der Waals surface area (Å²) in [6, 6.07) is 18.2. The molecule has 0 amide bonds. The van der Waals surface area contributed by atoms with E-state index in [9.17, 15) is 8.42 Å². The molecule has 1 aliphatic carbocycles. The average Bonchev–Trinajstić information content (AvgIpc) is 3.37. The molecule has 144 valence electrons. The van der Waals surface area contributed by atoms with Crippen LogP contribution in [0.3, 0.4) is 0 Å². The van der Waals surface area contributed by atoms with E-state index in [1.54, 1.807) is 28.2 Å². The van der Waals surface area contributed by atoms with Crippen molar-refractivity contribution in [1.82, 2.24) is 4.31 Å². The molecule has 3 aromatic rings. The second kappa shape index (κ2) is 6.90. The first kappa shape index (κ1) is 18.2. The van der Waals surface area contributed by atoms with Crippen molar-refractivity contribution in [2.45, 2.75) is 36.5 Å². The Morgan fingerprint density at radius 2 is 1.75 bits per heavy atom. The minimum atomic E-state index is -3.52. The van der Waals surface area contributed by atoms with E-state index < -0.39 is 10.0 Å². The van der Waals surface area contributed by atoms with E-state index in [1.165, 1.54) is 21.9 Å². The van der Waals surface area contributed by atoms with Crippen LogP contribution in [0.2, 0.25) is 0 Å². The van der Waals surface area contributed by atoms with E-state index in [0.29, 0.717) is 11.4 Å². The molecule has 0 spiro atoms. The minimum absolute atomic E-state index is 0.166. The molecule has 0 aromatic heterocycles. The Kier molecular flexibility index (Phi) is 4.49. The lowest BCUT2D eigenvalue weighted by Gasteiger charge is -2.25. The van der Waals surface area contributed by atoms with Crippen LogP contribution in [0.25, 0.3) is 10.8 Å². The first-order valence-corrected chi connectivity index (χ1v) is 12.3. The number of rotatable bonds is 4. The van der Waals surface area contributed by atoms with Gasteiger partial charge in [0.2, 0.25) is 10.0 Å². The van der Waals surface area contributed by atoms with Crippen molar-refractivity contribution in [2.75, 3.05) is 12.3 Å². The Morgan fingerprint density at radius 1 is 1.00 bits per heavy atom. The highest BCUT2D eigenvalue weighted by Crippen LogP contribution is 2.45. The summed E-state index contributed by atoms with van der Waals surface area (Å²) in [6.07, 6.45) is 3.07. The summed E-state index contributed by atoms with van der Waals surface area (Å²) >= 11 is 1.73. The van der Waals surface area contributed by atoms with Gasteiger partial charge in [-0.25, -0.2) is 8.42 Å². The smallest absolute Gasteiger partial charge is 0.207 e. The third-order valence-corrected chi connectivity index (χ3v) is 9.22. The Morgan fingerprint density at radius 3 is 2.50 bits per heavy atom. The van der Waals surface area contributed by atoms with Crippen LogP contribution in [-0.2, 0) is 29.3 Å². The third-order valence-electron chi connectivity index (χ3n) is 5.96. The highest BCUT2D eigenvalue weighted by atomic mass is 32.2. The van der Waals surface area contributed by atoms with Gasteiger partial charge in [0.15, 0.2) is 0 Å². The highest BCUT2D eigenvalue weighted by Gasteiger charge is 2.38. The Hall–Kier alpha value is -1.82. The van der Waals surface area contributed by atoms with Crippen molar-refractivity contribution in [1.29, 1.82) is 0 Å².